The lowest BCUT2D eigenvalue weighted by Crippen LogP contribution is -2.36. The van der Waals surface area contributed by atoms with Gasteiger partial charge in [0.05, 0.1) is 68.6 Å². The summed E-state index contributed by atoms with van der Waals surface area (Å²) in [7, 11) is -19.3. The van der Waals surface area contributed by atoms with Crippen LogP contribution >= 0.6 is 0 Å². The van der Waals surface area contributed by atoms with Gasteiger partial charge in [0.25, 0.3) is 11.1 Å². The average molecular weight is 2140 g/mol. The summed E-state index contributed by atoms with van der Waals surface area (Å²) in [5, 5.41) is 1.50. The number of pyridine rings is 2. The molecule has 2 aromatic heterocycles. The molecule has 0 fully saturated rings. The van der Waals surface area contributed by atoms with Crippen LogP contribution in [0.25, 0.3) is 21.8 Å². The van der Waals surface area contributed by atoms with E-state index in [1.165, 1.54) is 30.3 Å². The van der Waals surface area contributed by atoms with Crippen LogP contribution in [0.5, 0.6) is 0 Å². The first-order valence-corrected chi connectivity index (χ1v) is 56.3. The maximum atomic E-state index is 14.1. The van der Waals surface area contributed by atoms with E-state index < -0.39 is 199 Å². The highest BCUT2D eigenvalue weighted by Crippen LogP contribution is 2.43. The molecule has 10 aromatic carbocycles. The van der Waals surface area contributed by atoms with Crippen molar-refractivity contribution in [3.05, 3.63) is 378 Å². The van der Waals surface area contributed by atoms with Crippen molar-refractivity contribution >= 4 is 99.9 Å². The molecule has 3 aliphatic heterocycles. The second kappa shape index (κ2) is 47.8. The van der Waals surface area contributed by atoms with E-state index in [2.05, 4.69) is 25.0 Å². The molecule has 147 heavy (non-hydrogen) atoms. The van der Waals surface area contributed by atoms with Gasteiger partial charge in [-0.3, -0.25) is 19.2 Å². The van der Waals surface area contributed by atoms with Gasteiger partial charge in [-0.15, -0.1) is 6.58 Å². The maximum Gasteiger partial charge on any atom is 0.251 e. The minimum absolute atomic E-state index is 0.00315. The summed E-state index contributed by atoms with van der Waals surface area (Å²) in [6.45, 7) is 30.3. The van der Waals surface area contributed by atoms with Gasteiger partial charge < -0.3 is 23.8 Å². The molecule has 3 aliphatic rings. The Balaban J connectivity index is 0.000000175. The summed E-state index contributed by atoms with van der Waals surface area (Å²) < 4.78 is 324. The number of fused-ring (bicyclic) bond motifs is 5. The summed E-state index contributed by atoms with van der Waals surface area (Å²) in [5.41, 5.74) is 6.67. The quantitative estimate of drug-likeness (QED) is 0.0230. The summed E-state index contributed by atoms with van der Waals surface area (Å²) in [6.07, 6.45) is 6.95. The maximum absolute atomic E-state index is 14.1. The molecule has 2 atom stereocenters. The van der Waals surface area contributed by atoms with Gasteiger partial charge in [-0.05, 0) is 230 Å². The highest BCUT2D eigenvalue weighted by Gasteiger charge is 2.36. The van der Waals surface area contributed by atoms with Crippen LogP contribution in [0.3, 0.4) is 0 Å². The number of benzene rings is 10. The molecule has 12 aromatic rings. The molecule has 0 aliphatic carbocycles. The molecule has 5 heterocycles. The van der Waals surface area contributed by atoms with E-state index in [1.54, 1.807) is 130 Å². The summed E-state index contributed by atoms with van der Waals surface area (Å²) in [5.74, 6) is -26.3. The van der Waals surface area contributed by atoms with E-state index >= 15 is 0 Å². The molecule has 38 heteroatoms. The first kappa shape index (κ1) is 115. The molecule has 786 valence electrons. The van der Waals surface area contributed by atoms with Crippen molar-refractivity contribution in [2.75, 3.05) is 34.3 Å². The standard InChI is InChI=1S/C23H25F4NO2S.C22H23F4NO3S.C22H24FNO3S.C21H19F4NO3S.C21H22FNO3S/c1-5-8-28-14(3)9-13(2)17-10-16(6-7-19(17)28)11-31(29,30)12-18-22(26)20(24)15(4)21(25)23(18)27;1-4-7-27-17-6-5-14(9-15(17)12(2)8-18(27)28)10-31(29,30)11-16-21(25)19(23)13(3)20(24)22(16)26;1-4-9-24-21-8-7-17(11-19(21)16(3)10-22(24)25)13-28(26,27)14-18-6-5-15(2)20(23)12-18;1-3-8-26-16-6-4-13(9-14(16)5-7-17(26)27)10-30(28,29)11-15-20(24)18(22)12(2)19(23)21(15)25;1-3-10-23-20-8-6-16(11-18(20)7-9-21(23)24)13-27(25,26)14-17-5-4-15(2)19(22)12-17/h6-7,10,13H,3,5,8-9,11-12H2,1-2,4H3;5-6,9,12H,4,7-8,10-11H2,1-3H3;5-8,10-12H,4,9,13-14H2,1-3H3;4-7,9H,3,8,10-11H2,1-2H3;3-6,8,11-12H,1,7,9-10,13-14H2,2H3. The van der Waals surface area contributed by atoms with Gasteiger partial charge in [0.2, 0.25) is 11.8 Å². The van der Waals surface area contributed by atoms with Gasteiger partial charge in [-0.25, -0.2) is 104 Å². The predicted molar refractivity (Wildman–Crippen MR) is 544 cm³/mol. The van der Waals surface area contributed by atoms with E-state index in [-0.39, 0.29) is 57.8 Å². The summed E-state index contributed by atoms with van der Waals surface area (Å²) >= 11 is 0. The number of allylic oxidation sites excluding steroid dienone is 1. The fourth-order valence-corrected chi connectivity index (χ4v) is 25.4. The zero-order valence-electron chi connectivity index (χ0n) is 83.1. The van der Waals surface area contributed by atoms with Crippen molar-refractivity contribution in [2.24, 2.45) is 0 Å². The van der Waals surface area contributed by atoms with Crippen LogP contribution in [0.4, 0.5) is 78.5 Å². The number of hydrogen-bond acceptors (Lipinski definition) is 15. The lowest BCUT2D eigenvalue weighted by atomic mass is 9.88. The highest BCUT2D eigenvalue weighted by atomic mass is 32.2. The Morgan fingerprint density at radius 2 is 0.667 bits per heavy atom. The number of sulfone groups is 5. The third kappa shape index (κ3) is 27.6. The third-order valence-corrected chi connectivity index (χ3v) is 33.0. The molecule has 0 bridgehead atoms. The van der Waals surface area contributed by atoms with Crippen LogP contribution in [-0.4, -0.2) is 82.7 Å². The Morgan fingerprint density at radius 3 is 1.07 bits per heavy atom. The van der Waals surface area contributed by atoms with Crippen LogP contribution in [0, 0.1) is 123 Å². The van der Waals surface area contributed by atoms with Crippen LogP contribution in [0.2, 0.25) is 0 Å². The van der Waals surface area contributed by atoms with E-state index in [9.17, 15) is 123 Å². The predicted octanol–water partition coefficient (Wildman–Crippen LogP) is 23.2. The Bertz CT molecular complexity index is 7650. The normalized spacial score (nSPS) is 14.3. The van der Waals surface area contributed by atoms with Crippen molar-refractivity contribution in [2.45, 2.75) is 217 Å². The van der Waals surface area contributed by atoms with Crippen LogP contribution in [0.15, 0.2) is 180 Å². The number of hydrogen-bond donors (Lipinski definition) is 0. The topological polar surface area (TPSA) is 259 Å². The fraction of sp³-hybridized carbons (Fsp3) is 0.339. The summed E-state index contributed by atoms with van der Waals surface area (Å²) in [6, 6.07) is 39.1. The SMILES string of the molecule is C=C1CC(C)c2cc(CS(=O)(=O)Cc3c(F)c(F)c(C)c(F)c3F)ccc2N1CCC.C=CCN1C(=O)CCc2cc(CS(=O)(=O)Cc3ccc(C)c(F)c3)ccc21.CCCN1C(=O)CC(C)c2cc(CS(=O)(=O)Cc3c(F)c(F)c(C)c(F)c3F)ccc21.CCCn1c(=O)cc(C)c2cc(CS(=O)(=O)Cc3ccc(C)c(F)c3)ccc21.CCCn1c(=O)ccc2cc(CS(=O)(=O)Cc3c(F)c(F)c(C)c(F)c3F)ccc21. The van der Waals surface area contributed by atoms with E-state index in [4.69, 9.17) is 0 Å². The Labute approximate surface area is 846 Å². The number of rotatable bonds is 30. The minimum atomic E-state index is -4.16. The molecule has 0 N–H and O–H groups in total. The average Bonchev–Trinajstić information content (AvgIpc) is 0.776. The molecule has 2 unspecified atom stereocenters. The number of anilines is 3. The van der Waals surface area contributed by atoms with Gasteiger partial charge in [-0.1, -0.05) is 127 Å². The lowest BCUT2D eigenvalue weighted by Gasteiger charge is -2.36. The lowest BCUT2D eigenvalue weighted by molar-refractivity contribution is -0.119. The molecule has 0 spiro atoms. The van der Waals surface area contributed by atoms with E-state index in [0.717, 1.165) is 110 Å². The zero-order chi connectivity index (χ0) is 108. The number of aromatic nitrogens is 2. The monoisotopic (exact) mass is 2140 g/mol. The van der Waals surface area contributed by atoms with E-state index in [0.29, 0.717) is 112 Å². The largest absolute Gasteiger partial charge is 0.345 e. The van der Waals surface area contributed by atoms with Crippen LogP contribution < -0.4 is 25.8 Å². The number of carbonyl (C=O) groups is 2. The van der Waals surface area contributed by atoms with Crippen molar-refractivity contribution in [1.29, 1.82) is 0 Å². The zero-order valence-corrected chi connectivity index (χ0v) is 87.1. The second-order valence-corrected chi connectivity index (χ2v) is 47.6. The molecular weight excluding hydrogens is 2030 g/mol. The van der Waals surface area contributed by atoms with Crippen molar-refractivity contribution in [3.8, 4) is 0 Å². The van der Waals surface area contributed by atoms with Gasteiger partial charge in [0.15, 0.2) is 119 Å². The Morgan fingerprint density at radius 1 is 0.327 bits per heavy atom. The molecule has 0 saturated carbocycles. The van der Waals surface area contributed by atoms with E-state index in [1.807, 2.05) is 65.8 Å². The number of amides is 2. The molecule has 2 amide bonds. The first-order valence-electron chi connectivity index (χ1n) is 47.2. The van der Waals surface area contributed by atoms with Crippen molar-refractivity contribution in [1.82, 2.24) is 9.13 Å². The van der Waals surface area contributed by atoms with Crippen molar-refractivity contribution in [3.63, 3.8) is 0 Å². The Hall–Kier alpha value is -12.4. The summed E-state index contributed by atoms with van der Waals surface area (Å²) in [4.78, 5) is 54.1. The fourth-order valence-electron chi connectivity index (χ4n) is 18.0. The highest BCUT2D eigenvalue weighted by molar-refractivity contribution is 7.91. The molecule has 0 saturated heterocycles. The van der Waals surface area contributed by atoms with Crippen molar-refractivity contribution < 1.29 is 113 Å². The van der Waals surface area contributed by atoms with Gasteiger partial charge in [0, 0.05) is 119 Å². The molecule has 19 nitrogen and oxygen atoms in total. The van der Waals surface area contributed by atoms with Gasteiger partial charge >= 0.3 is 0 Å². The van der Waals surface area contributed by atoms with Crippen LogP contribution in [-0.2, 0) is 136 Å². The minimum Gasteiger partial charge on any atom is -0.345 e. The second-order valence-electron chi connectivity index (χ2n) is 37.3. The number of aryl methyl sites for hydroxylation is 6. The van der Waals surface area contributed by atoms with Crippen LogP contribution in [0.1, 0.15) is 204 Å². The van der Waals surface area contributed by atoms with Gasteiger partial charge in [-0.2, -0.15) is 0 Å². The molecular formula is C109H113F14N5O14S5. The smallest absolute Gasteiger partial charge is 0.251 e. The Kier molecular flexibility index (Phi) is 37.4. The first-order chi connectivity index (χ1) is 69.0. The van der Waals surface area contributed by atoms with Gasteiger partial charge in [0.1, 0.15) is 11.6 Å². The molecule has 15 rings (SSSR count). The molecule has 0 radical (unpaired) electrons. The number of carbonyl (C=O) groups excluding carboxylic acids is 2. The number of nitrogens with zero attached hydrogens (tertiary/aromatic N) is 5. The number of halogens is 14. The third-order valence-electron chi connectivity index (χ3n) is 25.4.